The largest absolute Gasteiger partial charge is 0.384 e. The molecule has 126 valence electrons. The minimum Gasteiger partial charge on any atom is -0.384 e. The zero-order valence-electron chi connectivity index (χ0n) is 12.4. The number of carbonyl (C=O) groups is 1. The SMILES string of the molecule is N=C(N)c1ccc(C(NC(=O)/C=C/c2cccs2)P(=O)(O)O)cc1. The Morgan fingerprint density at radius 3 is 2.46 bits per heavy atom. The zero-order valence-corrected chi connectivity index (χ0v) is 14.1. The van der Waals surface area contributed by atoms with Crippen molar-refractivity contribution in [3.8, 4) is 0 Å². The van der Waals surface area contributed by atoms with Crippen LogP contribution < -0.4 is 11.1 Å². The summed E-state index contributed by atoms with van der Waals surface area (Å²) in [5.74, 6) is -2.25. The Bertz CT molecular complexity index is 797. The summed E-state index contributed by atoms with van der Waals surface area (Å²) in [4.78, 5) is 31.8. The van der Waals surface area contributed by atoms with E-state index in [4.69, 9.17) is 11.1 Å². The van der Waals surface area contributed by atoms with Gasteiger partial charge >= 0.3 is 7.60 Å². The van der Waals surface area contributed by atoms with Crippen molar-refractivity contribution in [2.75, 3.05) is 0 Å². The molecule has 1 aromatic heterocycles. The number of hydrogen-bond donors (Lipinski definition) is 5. The second-order valence-corrected chi connectivity index (χ2v) is 7.56. The van der Waals surface area contributed by atoms with E-state index >= 15 is 0 Å². The Morgan fingerprint density at radius 1 is 1.29 bits per heavy atom. The molecule has 6 N–H and O–H groups in total. The maximum atomic E-state index is 12.0. The molecule has 1 heterocycles. The van der Waals surface area contributed by atoms with E-state index in [0.717, 1.165) is 4.88 Å². The van der Waals surface area contributed by atoms with Gasteiger partial charge in [-0.25, -0.2) is 0 Å². The van der Waals surface area contributed by atoms with Crippen molar-refractivity contribution in [3.63, 3.8) is 0 Å². The van der Waals surface area contributed by atoms with E-state index in [-0.39, 0.29) is 11.4 Å². The molecule has 2 aromatic rings. The summed E-state index contributed by atoms with van der Waals surface area (Å²) in [6.45, 7) is 0. The van der Waals surface area contributed by atoms with Crippen LogP contribution in [-0.4, -0.2) is 21.5 Å². The monoisotopic (exact) mass is 365 g/mol. The topological polar surface area (TPSA) is 136 Å². The Kier molecular flexibility index (Phi) is 5.69. The lowest BCUT2D eigenvalue weighted by Crippen LogP contribution is -2.27. The molecule has 0 spiro atoms. The van der Waals surface area contributed by atoms with Gasteiger partial charge in [0.25, 0.3) is 0 Å². The molecule has 0 aliphatic rings. The molecule has 1 amide bonds. The van der Waals surface area contributed by atoms with Crippen LogP contribution >= 0.6 is 18.9 Å². The second kappa shape index (κ2) is 7.55. The van der Waals surface area contributed by atoms with E-state index in [1.807, 2.05) is 17.5 Å². The molecule has 1 atom stereocenters. The number of carbonyl (C=O) groups excluding carboxylic acids is 1. The first-order chi connectivity index (χ1) is 11.3. The summed E-state index contributed by atoms with van der Waals surface area (Å²) in [7, 11) is -4.62. The van der Waals surface area contributed by atoms with E-state index < -0.39 is 19.3 Å². The number of amides is 1. The van der Waals surface area contributed by atoms with Crippen LogP contribution in [0.4, 0.5) is 0 Å². The maximum absolute atomic E-state index is 12.0. The van der Waals surface area contributed by atoms with Crippen molar-refractivity contribution < 1.29 is 19.1 Å². The highest BCUT2D eigenvalue weighted by Gasteiger charge is 2.31. The number of amidine groups is 1. The Labute approximate surface area is 142 Å². The average molecular weight is 365 g/mol. The number of hydrogen-bond acceptors (Lipinski definition) is 4. The predicted octanol–water partition coefficient (Wildman–Crippen LogP) is 2.04. The third-order valence-electron chi connectivity index (χ3n) is 3.09. The summed E-state index contributed by atoms with van der Waals surface area (Å²) in [5, 5.41) is 11.5. The highest BCUT2D eigenvalue weighted by Crippen LogP contribution is 2.49. The van der Waals surface area contributed by atoms with Gasteiger partial charge in [0.2, 0.25) is 5.91 Å². The first kappa shape index (κ1) is 18.1. The molecule has 0 saturated heterocycles. The quantitative estimate of drug-likeness (QED) is 0.231. The van der Waals surface area contributed by atoms with Crippen LogP contribution in [-0.2, 0) is 9.36 Å². The van der Waals surface area contributed by atoms with Crippen molar-refractivity contribution in [2.45, 2.75) is 5.78 Å². The molecule has 0 saturated carbocycles. The van der Waals surface area contributed by atoms with Gasteiger partial charge in [0, 0.05) is 16.5 Å². The van der Waals surface area contributed by atoms with Crippen LogP contribution in [0.5, 0.6) is 0 Å². The van der Waals surface area contributed by atoms with Gasteiger partial charge in [-0.2, -0.15) is 0 Å². The molecule has 7 nitrogen and oxygen atoms in total. The summed E-state index contributed by atoms with van der Waals surface area (Å²) in [5.41, 5.74) is 6.00. The third kappa shape index (κ3) is 4.87. The summed E-state index contributed by atoms with van der Waals surface area (Å²) < 4.78 is 11.7. The minimum atomic E-state index is -4.62. The van der Waals surface area contributed by atoms with E-state index in [1.54, 1.807) is 6.08 Å². The van der Waals surface area contributed by atoms with Gasteiger partial charge in [0.15, 0.2) is 5.78 Å². The second-order valence-electron chi connectivity index (χ2n) is 4.88. The van der Waals surface area contributed by atoms with Gasteiger partial charge in [-0.1, -0.05) is 30.3 Å². The zero-order chi connectivity index (χ0) is 17.7. The van der Waals surface area contributed by atoms with Crippen LogP contribution in [0.2, 0.25) is 0 Å². The first-order valence-corrected chi connectivity index (χ1v) is 9.35. The Morgan fingerprint density at radius 2 is 1.96 bits per heavy atom. The van der Waals surface area contributed by atoms with Crippen LogP contribution in [0, 0.1) is 5.41 Å². The first-order valence-electron chi connectivity index (χ1n) is 6.79. The molecule has 9 heteroatoms. The van der Waals surface area contributed by atoms with Gasteiger partial charge in [-0.15, -0.1) is 11.3 Å². The Hall–Kier alpha value is -2.25. The van der Waals surface area contributed by atoms with Crippen LogP contribution in [0.25, 0.3) is 6.08 Å². The van der Waals surface area contributed by atoms with E-state index in [2.05, 4.69) is 5.32 Å². The van der Waals surface area contributed by atoms with Gasteiger partial charge in [0.1, 0.15) is 5.84 Å². The van der Waals surface area contributed by atoms with Crippen LogP contribution in [0.15, 0.2) is 47.9 Å². The molecule has 0 aliphatic carbocycles. The highest BCUT2D eigenvalue weighted by molar-refractivity contribution is 7.52. The average Bonchev–Trinajstić information content (AvgIpc) is 3.03. The molecular formula is C15H16N3O4PS. The number of nitrogens with two attached hydrogens (primary N) is 1. The molecule has 24 heavy (non-hydrogen) atoms. The number of benzene rings is 1. The smallest absolute Gasteiger partial charge is 0.352 e. The van der Waals surface area contributed by atoms with E-state index in [9.17, 15) is 19.1 Å². The minimum absolute atomic E-state index is 0.155. The number of rotatable bonds is 6. The van der Waals surface area contributed by atoms with Gasteiger partial charge in [-0.3, -0.25) is 14.8 Å². The molecule has 2 rings (SSSR count). The molecule has 0 fully saturated rings. The number of thiophene rings is 1. The van der Waals surface area contributed by atoms with Crippen molar-refractivity contribution in [1.29, 1.82) is 5.41 Å². The summed E-state index contributed by atoms with van der Waals surface area (Å²) in [6, 6.07) is 9.42. The lowest BCUT2D eigenvalue weighted by Gasteiger charge is -2.19. The normalized spacial score (nSPS) is 12.9. The van der Waals surface area contributed by atoms with E-state index in [0.29, 0.717) is 5.56 Å². The lowest BCUT2D eigenvalue weighted by molar-refractivity contribution is -0.116. The fourth-order valence-electron chi connectivity index (χ4n) is 1.93. The molecular weight excluding hydrogens is 349 g/mol. The fraction of sp³-hybridized carbons (Fsp3) is 0.0667. The summed E-state index contributed by atoms with van der Waals surface area (Å²) in [6.07, 6.45) is 2.79. The third-order valence-corrected chi connectivity index (χ3v) is 5.03. The molecule has 0 radical (unpaired) electrons. The standard InChI is InChI=1S/C15H16N3O4PS/c16-14(17)10-3-5-11(6-4-10)15(23(20,21)22)18-13(19)8-7-12-2-1-9-24-12/h1-9,15H,(H3,16,17)(H,18,19)(H2,20,21,22)/b8-7+. The number of nitrogens with one attached hydrogen (secondary N) is 2. The Balaban J connectivity index is 2.18. The van der Waals surface area contributed by atoms with Crippen LogP contribution in [0.3, 0.4) is 0 Å². The van der Waals surface area contributed by atoms with Gasteiger partial charge in [0.05, 0.1) is 0 Å². The van der Waals surface area contributed by atoms with Crippen molar-refractivity contribution >= 4 is 36.8 Å². The fourth-order valence-corrected chi connectivity index (χ4v) is 3.41. The molecule has 0 aliphatic heterocycles. The molecule has 0 bridgehead atoms. The van der Waals surface area contributed by atoms with Crippen molar-refractivity contribution in [2.24, 2.45) is 5.73 Å². The van der Waals surface area contributed by atoms with Crippen molar-refractivity contribution in [3.05, 3.63) is 63.9 Å². The predicted molar refractivity (Wildman–Crippen MR) is 93.7 cm³/mol. The molecule has 1 aromatic carbocycles. The molecule has 1 unspecified atom stereocenters. The van der Waals surface area contributed by atoms with Crippen LogP contribution in [0.1, 0.15) is 21.8 Å². The summed E-state index contributed by atoms with van der Waals surface area (Å²) >= 11 is 1.44. The maximum Gasteiger partial charge on any atom is 0.352 e. The van der Waals surface area contributed by atoms with E-state index in [1.165, 1.54) is 41.7 Å². The van der Waals surface area contributed by atoms with Crippen molar-refractivity contribution in [1.82, 2.24) is 5.32 Å². The van der Waals surface area contributed by atoms with Gasteiger partial charge in [-0.05, 0) is 23.1 Å². The van der Waals surface area contributed by atoms with Gasteiger partial charge < -0.3 is 20.8 Å². The highest BCUT2D eigenvalue weighted by atomic mass is 32.1. The number of nitrogen functional groups attached to an aromatic ring is 1. The lowest BCUT2D eigenvalue weighted by atomic mass is 10.1.